The molecule has 0 spiro atoms. The zero-order valence-corrected chi connectivity index (χ0v) is 37.4. The highest BCUT2D eigenvalue weighted by atomic mass is 16.5. The van der Waals surface area contributed by atoms with Crippen molar-refractivity contribution in [1.29, 1.82) is 0 Å². The zero-order valence-electron chi connectivity index (χ0n) is 37.4. The first kappa shape index (κ1) is 46.0. The number of anilines is 2. The molecule has 0 atom stereocenters. The fourth-order valence-corrected chi connectivity index (χ4v) is 8.40. The number of aliphatic hydroxyl groups is 1. The summed E-state index contributed by atoms with van der Waals surface area (Å²) >= 11 is 0. The first-order valence-electron chi connectivity index (χ1n) is 22.7. The largest absolute Gasteiger partial charge is 0.497 e. The molecule has 4 aromatic carbocycles. The van der Waals surface area contributed by atoms with Gasteiger partial charge in [-0.1, -0.05) is 42.5 Å². The Bertz CT molecular complexity index is 2210. The molecule has 8 rings (SSSR count). The van der Waals surface area contributed by atoms with E-state index in [0.29, 0.717) is 37.4 Å². The SMILES string of the molecule is COc1ccc2c(c1)C=C(C(=O)NCCCCN1CCN(c3ccccc3OC)CC1)CO2.O=C(NCCCCN1CCN(c2cccc(CO)c2)CC1)C1=Cc2ccccc2OC1. The first-order chi connectivity index (χ1) is 31.4. The van der Waals surface area contributed by atoms with E-state index in [2.05, 4.69) is 54.5 Å². The van der Waals surface area contributed by atoms with Crippen LogP contribution in [0.1, 0.15) is 42.4 Å². The lowest BCUT2D eigenvalue weighted by Crippen LogP contribution is -2.46. The molecule has 3 N–H and O–H groups in total. The number of methoxy groups -OCH3 is 2. The highest BCUT2D eigenvalue weighted by Gasteiger charge is 2.22. The Morgan fingerprint density at radius 3 is 1.84 bits per heavy atom. The van der Waals surface area contributed by atoms with Crippen molar-refractivity contribution in [2.24, 2.45) is 0 Å². The Morgan fingerprint density at radius 2 is 1.20 bits per heavy atom. The lowest BCUT2D eigenvalue weighted by Gasteiger charge is -2.36. The molecular weight excluding hydrogens is 809 g/mol. The summed E-state index contributed by atoms with van der Waals surface area (Å²) in [5, 5.41) is 15.4. The van der Waals surface area contributed by atoms with Gasteiger partial charge in [-0.15, -0.1) is 0 Å². The van der Waals surface area contributed by atoms with Crippen molar-refractivity contribution in [2.45, 2.75) is 32.3 Å². The minimum absolute atomic E-state index is 0.0340. The molecule has 13 nitrogen and oxygen atoms in total. The number of nitrogens with one attached hydrogen (secondary N) is 2. The van der Waals surface area contributed by atoms with Gasteiger partial charge in [0.2, 0.25) is 0 Å². The van der Waals surface area contributed by atoms with Crippen LogP contribution in [0.3, 0.4) is 0 Å². The molecule has 4 aliphatic heterocycles. The lowest BCUT2D eigenvalue weighted by atomic mass is 10.1. The van der Waals surface area contributed by atoms with Gasteiger partial charge in [0.1, 0.15) is 36.2 Å². The van der Waals surface area contributed by atoms with E-state index in [0.717, 1.165) is 131 Å². The molecule has 340 valence electrons. The number of benzene rings is 4. The van der Waals surface area contributed by atoms with E-state index in [4.69, 9.17) is 18.9 Å². The van der Waals surface area contributed by atoms with Gasteiger partial charge in [0, 0.05) is 82.3 Å². The number of carbonyl (C=O) groups excluding carboxylic acids is 2. The zero-order chi connectivity index (χ0) is 44.5. The maximum absolute atomic E-state index is 12.5. The Balaban J connectivity index is 0.000000192. The van der Waals surface area contributed by atoms with E-state index in [-0.39, 0.29) is 18.4 Å². The van der Waals surface area contributed by atoms with Gasteiger partial charge in [-0.05, 0) is 105 Å². The van der Waals surface area contributed by atoms with E-state index in [1.54, 1.807) is 14.2 Å². The molecule has 2 fully saturated rings. The maximum Gasteiger partial charge on any atom is 0.250 e. The molecule has 4 heterocycles. The topological polar surface area (TPSA) is 128 Å². The average Bonchev–Trinajstić information content (AvgIpc) is 3.36. The number of aliphatic hydroxyl groups excluding tert-OH is 1. The molecule has 0 saturated carbocycles. The van der Waals surface area contributed by atoms with Gasteiger partial charge in [0.25, 0.3) is 11.8 Å². The van der Waals surface area contributed by atoms with Crippen LogP contribution >= 0.6 is 0 Å². The first-order valence-corrected chi connectivity index (χ1v) is 22.7. The fourth-order valence-electron chi connectivity index (χ4n) is 8.40. The van der Waals surface area contributed by atoms with Crippen molar-refractivity contribution in [3.8, 4) is 23.0 Å². The van der Waals surface area contributed by atoms with Crippen LogP contribution in [0.15, 0.2) is 102 Å². The molecule has 0 bridgehead atoms. The van der Waals surface area contributed by atoms with Gasteiger partial charge in [-0.25, -0.2) is 0 Å². The molecule has 0 aromatic heterocycles. The second kappa shape index (κ2) is 23.6. The summed E-state index contributed by atoms with van der Waals surface area (Å²) in [4.78, 5) is 34.7. The number of unbranched alkanes of at least 4 members (excludes halogenated alkanes) is 2. The number of carbonyl (C=O) groups is 2. The van der Waals surface area contributed by atoms with Gasteiger partial charge >= 0.3 is 0 Å². The Hall–Kier alpha value is -6.02. The normalized spacial score (nSPS) is 16.0. The summed E-state index contributed by atoms with van der Waals surface area (Å²) in [6, 6.07) is 29.7. The van der Waals surface area contributed by atoms with Crippen LogP contribution in [0.5, 0.6) is 23.0 Å². The summed E-state index contributed by atoms with van der Waals surface area (Å²) in [7, 11) is 3.35. The highest BCUT2D eigenvalue weighted by Crippen LogP contribution is 2.31. The predicted molar refractivity (Wildman–Crippen MR) is 254 cm³/mol. The third-order valence-electron chi connectivity index (χ3n) is 12.1. The van der Waals surface area contributed by atoms with Crippen LogP contribution in [-0.2, 0) is 16.2 Å². The van der Waals surface area contributed by atoms with Crippen molar-refractivity contribution in [3.63, 3.8) is 0 Å². The number of ether oxygens (including phenoxy) is 4. The number of piperazine rings is 2. The van der Waals surface area contributed by atoms with Crippen molar-refractivity contribution >= 4 is 35.3 Å². The second-order valence-electron chi connectivity index (χ2n) is 16.4. The molecule has 0 unspecified atom stereocenters. The fraction of sp³-hybridized carbons (Fsp3) is 0.412. The molecule has 2 saturated heterocycles. The molecule has 64 heavy (non-hydrogen) atoms. The summed E-state index contributed by atoms with van der Waals surface area (Å²) in [5.41, 5.74) is 6.48. The van der Waals surface area contributed by atoms with E-state index in [9.17, 15) is 14.7 Å². The number of amides is 2. The quantitative estimate of drug-likeness (QED) is 0.110. The Kier molecular flexibility index (Phi) is 17.0. The standard InChI is InChI=1S/C26H33N3O4.C25H31N3O3/c1-31-22-9-10-24-20(18-22)17-21(19-33-24)26(30)27-11-5-6-12-28-13-15-29(16-14-28)23-7-3-4-8-25(23)32-2;29-18-20-6-5-8-23(16-20)28-14-12-27(13-15-28)11-4-3-10-26-25(30)22-17-21-7-1-2-9-24(21)31-19-22/h3-4,7-10,17-18H,5-6,11-16,19H2,1-2H3,(H,27,30);1-2,5-9,16-17,29H,3-4,10-15,18-19H2,(H,26,30). The van der Waals surface area contributed by atoms with Crippen LogP contribution in [-0.4, -0.2) is 133 Å². The summed E-state index contributed by atoms with van der Waals surface area (Å²) in [6.45, 7) is 12.3. The van der Waals surface area contributed by atoms with Crippen LogP contribution in [0, 0.1) is 0 Å². The molecule has 4 aliphatic rings. The third-order valence-corrected chi connectivity index (χ3v) is 12.1. The van der Waals surface area contributed by atoms with E-state index < -0.39 is 0 Å². The minimum atomic E-state index is -0.0612. The van der Waals surface area contributed by atoms with Crippen molar-refractivity contribution < 1.29 is 33.6 Å². The Labute approximate surface area is 378 Å². The second-order valence-corrected chi connectivity index (χ2v) is 16.4. The molecule has 13 heteroatoms. The number of fused-ring (bicyclic) bond motifs is 2. The maximum atomic E-state index is 12.5. The number of rotatable bonds is 17. The van der Waals surface area contributed by atoms with Crippen LogP contribution in [0.25, 0.3) is 12.2 Å². The van der Waals surface area contributed by atoms with Crippen LogP contribution in [0.4, 0.5) is 11.4 Å². The third kappa shape index (κ3) is 12.8. The van der Waals surface area contributed by atoms with E-state index in [1.807, 2.05) is 78.9 Å². The Morgan fingerprint density at radius 1 is 0.609 bits per heavy atom. The average molecular weight is 873 g/mol. The molecule has 4 aromatic rings. The van der Waals surface area contributed by atoms with Gasteiger partial charge in [-0.3, -0.25) is 19.4 Å². The molecular formula is C51H64N6O7. The minimum Gasteiger partial charge on any atom is -0.497 e. The number of hydrogen-bond acceptors (Lipinski definition) is 11. The number of nitrogens with zero attached hydrogens (tertiary/aromatic N) is 4. The molecule has 2 amide bonds. The van der Waals surface area contributed by atoms with Crippen LogP contribution < -0.4 is 39.4 Å². The van der Waals surface area contributed by atoms with Crippen LogP contribution in [0.2, 0.25) is 0 Å². The monoisotopic (exact) mass is 872 g/mol. The van der Waals surface area contributed by atoms with Gasteiger partial charge in [-0.2, -0.15) is 0 Å². The van der Waals surface area contributed by atoms with E-state index in [1.165, 1.54) is 11.4 Å². The van der Waals surface area contributed by atoms with Gasteiger partial charge in [0.15, 0.2) is 0 Å². The van der Waals surface area contributed by atoms with E-state index >= 15 is 0 Å². The number of hydrogen-bond donors (Lipinski definition) is 3. The lowest BCUT2D eigenvalue weighted by molar-refractivity contribution is -0.118. The summed E-state index contributed by atoms with van der Waals surface area (Å²) in [6.07, 6.45) is 7.86. The van der Waals surface area contributed by atoms with Crippen molar-refractivity contribution in [3.05, 3.63) is 119 Å². The van der Waals surface area contributed by atoms with Crippen molar-refractivity contribution in [2.75, 3.05) is 116 Å². The summed E-state index contributed by atoms with van der Waals surface area (Å²) < 4.78 is 22.1. The van der Waals surface area contributed by atoms with Gasteiger partial charge in [0.05, 0.1) is 37.7 Å². The van der Waals surface area contributed by atoms with Crippen molar-refractivity contribution in [1.82, 2.24) is 20.4 Å². The highest BCUT2D eigenvalue weighted by molar-refractivity contribution is 5.99. The van der Waals surface area contributed by atoms with Gasteiger partial charge < -0.3 is 44.5 Å². The summed E-state index contributed by atoms with van der Waals surface area (Å²) in [5.74, 6) is 3.20. The number of para-hydroxylation sites is 3. The smallest absolute Gasteiger partial charge is 0.250 e. The molecule has 0 radical (unpaired) electrons. The predicted octanol–water partition coefficient (Wildman–Crippen LogP) is 5.87. The molecule has 0 aliphatic carbocycles.